The first-order valence-electron chi connectivity index (χ1n) is 7.90. The Labute approximate surface area is 134 Å². The fourth-order valence-corrected chi connectivity index (χ4v) is 2.52. The molecule has 0 spiro atoms. The van der Waals surface area contributed by atoms with Gasteiger partial charge in [0.1, 0.15) is 0 Å². The SMILES string of the molecule is O=C(O)CCN1CCN(CCCC(=O)NC2=NCCCN2)C1=O. The molecule has 2 rings (SSSR count). The highest BCUT2D eigenvalue weighted by molar-refractivity contribution is 5.97. The molecule has 9 nitrogen and oxygen atoms in total. The lowest BCUT2D eigenvalue weighted by Crippen LogP contribution is -2.43. The Morgan fingerprint density at radius 3 is 2.61 bits per heavy atom. The molecule has 0 saturated carbocycles. The van der Waals surface area contributed by atoms with Crippen molar-refractivity contribution in [1.82, 2.24) is 20.4 Å². The molecule has 9 heteroatoms. The summed E-state index contributed by atoms with van der Waals surface area (Å²) in [6.45, 7) is 3.38. The molecular weight excluding hydrogens is 302 g/mol. The number of hydrogen-bond acceptors (Lipinski definition) is 5. The summed E-state index contributed by atoms with van der Waals surface area (Å²) in [5.74, 6) is -0.502. The minimum absolute atomic E-state index is 0.0445. The summed E-state index contributed by atoms with van der Waals surface area (Å²) >= 11 is 0. The van der Waals surface area contributed by atoms with Crippen LogP contribution in [0.25, 0.3) is 0 Å². The van der Waals surface area contributed by atoms with Gasteiger partial charge in [-0.2, -0.15) is 0 Å². The van der Waals surface area contributed by atoms with Crippen LogP contribution in [0.4, 0.5) is 4.79 Å². The Morgan fingerprint density at radius 2 is 1.96 bits per heavy atom. The van der Waals surface area contributed by atoms with E-state index in [4.69, 9.17) is 5.11 Å². The number of urea groups is 1. The summed E-state index contributed by atoms with van der Waals surface area (Å²) in [5, 5.41) is 14.4. The smallest absolute Gasteiger partial charge is 0.320 e. The van der Waals surface area contributed by atoms with Gasteiger partial charge in [-0.3, -0.25) is 19.9 Å². The van der Waals surface area contributed by atoms with Crippen molar-refractivity contribution >= 4 is 23.9 Å². The van der Waals surface area contributed by atoms with Crippen molar-refractivity contribution < 1.29 is 19.5 Å². The van der Waals surface area contributed by atoms with Gasteiger partial charge in [0.2, 0.25) is 5.91 Å². The zero-order valence-electron chi connectivity index (χ0n) is 13.1. The predicted octanol–water partition coefficient (Wildman–Crippen LogP) is -0.556. The van der Waals surface area contributed by atoms with E-state index in [1.807, 2.05) is 0 Å². The molecule has 0 aromatic rings. The number of carbonyl (C=O) groups excluding carboxylic acids is 2. The molecule has 23 heavy (non-hydrogen) atoms. The molecule has 1 fully saturated rings. The summed E-state index contributed by atoms with van der Waals surface area (Å²) in [6, 6.07) is -0.148. The van der Waals surface area contributed by atoms with Gasteiger partial charge in [-0.15, -0.1) is 0 Å². The fourth-order valence-electron chi connectivity index (χ4n) is 2.52. The first-order valence-corrected chi connectivity index (χ1v) is 7.90. The van der Waals surface area contributed by atoms with E-state index in [0.717, 1.165) is 19.5 Å². The lowest BCUT2D eigenvalue weighted by Gasteiger charge is -2.18. The predicted molar refractivity (Wildman–Crippen MR) is 83.1 cm³/mol. The average Bonchev–Trinajstić information content (AvgIpc) is 2.87. The van der Waals surface area contributed by atoms with Gasteiger partial charge in [0.05, 0.1) is 6.42 Å². The Bertz CT molecular complexity index is 494. The first kappa shape index (κ1) is 17.0. The average molecular weight is 325 g/mol. The first-order chi connectivity index (χ1) is 11.1. The van der Waals surface area contributed by atoms with Crippen LogP contribution in [0.3, 0.4) is 0 Å². The monoisotopic (exact) mass is 325 g/mol. The third kappa shape index (κ3) is 5.42. The highest BCUT2D eigenvalue weighted by Gasteiger charge is 2.28. The molecule has 3 N–H and O–H groups in total. The van der Waals surface area contributed by atoms with Gasteiger partial charge < -0.3 is 20.2 Å². The molecule has 0 bridgehead atoms. The Balaban J connectivity index is 1.64. The van der Waals surface area contributed by atoms with Crippen LogP contribution in [0.5, 0.6) is 0 Å². The lowest BCUT2D eigenvalue weighted by molar-refractivity contribution is -0.137. The van der Waals surface area contributed by atoms with E-state index in [1.165, 1.54) is 4.90 Å². The summed E-state index contributed by atoms with van der Waals surface area (Å²) < 4.78 is 0. The van der Waals surface area contributed by atoms with E-state index >= 15 is 0 Å². The van der Waals surface area contributed by atoms with E-state index in [9.17, 15) is 14.4 Å². The molecule has 0 aromatic carbocycles. The third-order valence-corrected chi connectivity index (χ3v) is 3.76. The largest absolute Gasteiger partial charge is 0.481 e. The van der Waals surface area contributed by atoms with Crippen molar-refractivity contribution in [2.75, 3.05) is 39.3 Å². The van der Waals surface area contributed by atoms with Crippen molar-refractivity contribution in [2.45, 2.75) is 25.7 Å². The summed E-state index contributed by atoms with van der Waals surface area (Å²) in [7, 11) is 0. The van der Waals surface area contributed by atoms with Crippen molar-refractivity contribution in [1.29, 1.82) is 0 Å². The minimum atomic E-state index is -0.910. The van der Waals surface area contributed by atoms with Crippen molar-refractivity contribution in [3.8, 4) is 0 Å². The topological polar surface area (TPSA) is 114 Å². The van der Waals surface area contributed by atoms with Gasteiger partial charge in [0, 0.05) is 45.7 Å². The van der Waals surface area contributed by atoms with Crippen LogP contribution in [0, 0.1) is 0 Å². The zero-order chi connectivity index (χ0) is 16.7. The van der Waals surface area contributed by atoms with Gasteiger partial charge >= 0.3 is 12.0 Å². The van der Waals surface area contributed by atoms with E-state index in [1.54, 1.807) is 4.90 Å². The van der Waals surface area contributed by atoms with Crippen LogP contribution < -0.4 is 10.6 Å². The molecule has 2 aliphatic heterocycles. The number of carboxylic acids is 1. The van der Waals surface area contributed by atoms with Crippen LogP contribution in [0.1, 0.15) is 25.7 Å². The number of aliphatic imine (C=N–C) groups is 1. The molecule has 2 heterocycles. The molecule has 0 radical (unpaired) electrons. The quantitative estimate of drug-likeness (QED) is 0.581. The third-order valence-electron chi connectivity index (χ3n) is 3.76. The molecular formula is C14H23N5O4. The number of hydrogen-bond donors (Lipinski definition) is 3. The maximum atomic E-state index is 12.0. The van der Waals surface area contributed by atoms with E-state index in [2.05, 4.69) is 15.6 Å². The number of nitrogens with zero attached hydrogens (tertiary/aromatic N) is 3. The van der Waals surface area contributed by atoms with Crippen molar-refractivity contribution in [3.63, 3.8) is 0 Å². The number of carbonyl (C=O) groups is 3. The Kier molecular flexibility index (Phi) is 6.19. The normalized spacial score (nSPS) is 17.7. The van der Waals surface area contributed by atoms with E-state index in [-0.39, 0.29) is 24.9 Å². The highest BCUT2D eigenvalue weighted by Crippen LogP contribution is 2.10. The molecule has 0 atom stereocenters. The van der Waals surface area contributed by atoms with E-state index in [0.29, 0.717) is 38.4 Å². The maximum Gasteiger partial charge on any atom is 0.320 e. The number of carboxylic acid groups (broad SMARTS) is 1. The number of rotatable bonds is 7. The van der Waals surface area contributed by atoms with Crippen LogP contribution >= 0.6 is 0 Å². The second kappa shape index (κ2) is 8.35. The molecule has 3 amide bonds. The van der Waals surface area contributed by atoms with Crippen molar-refractivity contribution in [3.05, 3.63) is 0 Å². The maximum absolute atomic E-state index is 12.0. The van der Waals surface area contributed by atoms with Crippen LogP contribution in [-0.2, 0) is 9.59 Å². The van der Waals surface area contributed by atoms with Crippen LogP contribution in [-0.4, -0.2) is 78.0 Å². The molecule has 0 aliphatic carbocycles. The Morgan fingerprint density at radius 1 is 1.22 bits per heavy atom. The number of nitrogens with one attached hydrogen (secondary N) is 2. The van der Waals surface area contributed by atoms with E-state index < -0.39 is 5.97 Å². The molecule has 0 aromatic heterocycles. The zero-order valence-corrected chi connectivity index (χ0v) is 13.1. The van der Waals surface area contributed by atoms with Gasteiger partial charge in [-0.05, 0) is 12.8 Å². The summed E-state index contributed by atoms with van der Waals surface area (Å²) in [4.78, 5) is 41.7. The fraction of sp³-hybridized carbons (Fsp3) is 0.714. The van der Waals surface area contributed by atoms with Crippen LogP contribution in [0.15, 0.2) is 4.99 Å². The van der Waals surface area contributed by atoms with Gasteiger partial charge in [0.25, 0.3) is 0 Å². The molecule has 1 saturated heterocycles. The molecule has 2 aliphatic rings. The van der Waals surface area contributed by atoms with Gasteiger partial charge in [0.15, 0.2) is 5.96 Å². The minimum Gasteiger partial charge on any atom is -0.481 e. The number of amides is 3. The summed E-state index contributed by atoms with van der Waals surface area (Å²) in [6.07, 6.45) is 1.81. The lowest BCUT2D eigenvalue weighted by atomic mass is 10.3. The number of guanidine groups is 1. The Hall–Kier alpha value is -2.32. The van der Waals surface area contributed by atoms with Crippen LogP contribution in [0.2, 0.25) is 0 Å². The number of aliphatic carboxylic acids is 1. The molecule has 128 valence electrons. The highest BCUT2D eigenvalue weighted by atomic mass is 16.4. The summed E-state index contributed by atoms with van der Waals surface area (Å²) in [5.41, 5.74) is 0. The van der Waals surface area contributed by atoms with Crippen molar-refractivity contribution in [2.24, 2.45) is 4.99 Å². The molecule has 0 unspecified atom stereocenters. The standard InChI is InChI=1S/C14H23N5O4/c20-11(17-13-15-5-2-6-16-13)3-1-7-18-9-10-19(14(18)23)8-4-12(21)22/h1-10H2,(H,21,22)(H2,15,16,17,20). The second-order valence-corrected chi connectivity index (χ2v) is 5.56. The second-order valence-electron chi connectivity index (χ2n) is 5.56. The van der Waals surface area contributed by atoms with Gasteiger partial charge in [-0.25, -0.2) is 4.79 Å². The van der Waals surface area contributed by atoms with Gasteiger partial charge in [-0.1, -0.05) is 0 Å².